The van der Waals surface area contributed by atoms with Crippen LogP contribution in [-0.4, -0.2) is 38.3 Å². The summed E-state index contributed by atoms with van der Waals surface area (Å²) >= 11 is 3.40. The lowest BCUT2D eigenvalue weighted by Crippen LogP contribution is -2.48. The van der Waals surface area contributed by atoms with Crippen LogP contribution in [0.3, 0.4) is 0 Å². The number of halogens is 1. The molecule has 18 heavy (non-hydrogen) atoms. The zero-order valence-corrected chi connectivity index (χ0v) is 11.7. The molecule has 1 atom stereocenters. The van der Waals surface area contributed by atoms with Gasteiger partial charge in [-0.2, -0.15) is 0 Å². The molecule has 1 heterocycles. The predicted octanol–water partition coefficient (Wildman–Crippen LogP) is 1.10. The molecule has 0 radical (unpaired) electrons. The zero-order valence-electron chi connectivity index (χ0n) is 10.1. The molecule has 1 amide bonds. The normalized spacial score (nSPS) is 19.5. The number of rotatable bonds is 4. The number of carbonyl (C=O) groups is 1. The number of amides is 1. The van der Waals surface area contributed by atoms with Crippen LogP contribution in [-0.2, 0) is 16.0 Å². The lowest BCUT2D eigenvalue weighted by molar-refractivity contribution is -0.134. The fraction of sp³-hybridized carbons (Fsp3) is 0.462. The van der Waals surface area contributed by atoms with E-state index in [9.17, 15) is 4.79 Å². The minimum atomic E-state index is -0.344. The summed E-state index contributed by atoms with van der Waals surface area (Å²) in [5.74, 6) is -0.0284. The second kappa shape index (κ2) is 6.87. The van der Waals surface area contributed by atoms with Crippen molar-refractivity contribution in [2.45, 2.75) is 12.5 Å². The largest absolute Gasteiger partial charge is 0.366 e. The Hall–Kier alpha value is -0.910. The third-order valence-corrected chi connectivity index (χ3v) is 3.37. The monoisotopic (exact) mass is 312 g/mol. The van der Waals surface area contributed by atoms with E-state index in [1.165, 1.54) is 5.56 Å². The van der Waals surface area contributed by atoms with Crippen LogP contribution in [0.15, 0.2) is 28.7 Å². The third kappa shape index (κ3) is 4.08. The molecule has 2 rings (SSSR count). The summed E-state index contributed by atoms with van der Waals surface area (Å²) in [6.07, 6.45) is 0.489. The Morgan fingerprint density at radius 1 is 1.44 bits per heavy atom. The summed E-state index contributed by atoms with van der Waals surface area (Å²) < 4.78 is 6.44. The van der Waals surface area contributed by atoms with Crippen molar-refractivity contribution in [3.63, 3.8) is 0 Å². The van der Waals surface area contributed by atoms with Crippen molar-refractivity contribution in [1.29, 1.82) is 0 Å². The van der Waals surface area contributed by atoms with Gasteiger partial charge >= 0.3 is 0 Å². The molecule has 5 heteroatoms. The standard InChI is InChI=1S/C13H17BrN2O2/c14-11-3-1-10(2-4-11)5-6-16-13(17)12-9-15-7-8-18-12/h1-4,12,15H,5-9H2,(H,16,17). The first kappa shape index (κ1) is 13.5. The second-order valence-electron chi connectivity index (χ2n) is 4.23. The number of carbonyl (C=O) groups excluding carboxylic acids is 1. The molecule has 1 unspecified atom stereocenters. The molecule has 1 fully saturated rings. The van der Waals surface area contributed by atoms with E-state index in [0.717, 1.165) is 17.4 Å². The van der Waals surface area contributed by atoms with Gasteiger partial charge in [-0.25, -0.2) is 0 Å². The van der Waals surface area contributed by atoms with Crippen molar-refractivity contribution < 1.29 is 9.53 Å². The minimum absolute atomic E-state index is 0.0284. The van der Waals surface area contributed by atoms with Crippen molar-refractivity contribution in [2.24, 2.45) is 0 Å². The zero-order chi connectivity index (χ0) is 12.8. The topological polar surface area (TPSA) is 50.4 Å². The van der Waals surface area contributed by atoms with Gasteiger partial charge in [-0.1, -0.05) is 28.1 Å². The Kier molecular flexibility index (Phi) is 5.16. The van der Waals surface area contributed by atoms with Crippen LogP contribution in [0.4, 0.5) is 0 Å². The number of benzene rings is 1. The van der Waals surface area contributed by atoms with Crippen LogP contribution in [0, 0.1) is 0 Å². The Balaban J connectivity index is 1.71. The van der Waals surface area contributed by atoms with Crippen LogP contribution < -0.4 is 10.6 Å². The van der Waals surface area contributed by atoms with Crippen LogP contribution >= 0.6 is 15.9 Å². The SMILES string of the molecule is O=C(NCCc1ccc(Br)cc1)C1CNCCO1. The highest BCUT2D eigenvalue weighted by Gasteiger charge is 2.20. The van der Waals surface area contributed by atoms with Crippen molar-refractivity contribution in [3.8, 4) is 0 Å². The van der Waals surface area contributed by atoms with Crippen molar-refractivity contribution in [3.05, 3.63) is 34.3 Å². The summed E-state index contributed by atoms with van der Waals surface area (Å²) in [6.45, 7) is 2.66. The van der Waals surface area contributed by atoms with Gasteiger partial charge in [0.1, 0.15) is 6.10 Å². The van der Waals surface area contributed by atoms with Gasteiger partial charge < -0.3 is 15.4 Å². The molecule has 1 aromatic carbocycles. The third-order valence-electron chi connectivity index (χ3n) is 2.85. The van der Waals surface area contributed by atoms with E-state index in [4.69, 9.17) is 4.74 Å². The molecule has 1 saturated heterocycles. The summed E-state index contributed by atoms with van der Waals surface area (Å²) in [5.41, 5.74) is 1.21. The smallest absolute Gasteiger partial charge is 0.250 e. The number of nitrogens with one attached hydrogen (secondary N) is 2. The number of morpholine rings is 1. The van der Waals surface area contributed by atoms with Crippen LogP contribution in [0.5, 0.6) is 0 Å². The average molecular weight is 313 g/mol. The summed E-state index contributed by atoms with van der Waals surface area (Å²) in [5, 5.41) is 6.04. The molecule has 4 nitrogen and oxygen atoms in total. The Labute approximate surface area is 115 Å². The highest BCUT2D eigenvalue weighted by atomic mass is 79.9. The van der Waals surface area contributed by atoms with E-state index in [1.54, 1.807) is 0 Å². The van der Waals surface area contributed by atoms with Gasteiger partial charge in [-0.3, -0.25) is 4.79 Å². The molecule has 1 aliphatic heterocycles. The van der Waals surface area contributed by atoms with E-state index in [2.05, 4.69) is 38.7 Å². The maximum atomic E-state index is 11.8. The Morgan fingerprint density at radius 3 is 2.89 bits per heavy atom. The average Bonchev–Trinajstić information content (AvgIpc) is 2.42. The van der Waals surface area contributed by atoms with Crippen molar-refractivity contribution in [1.82, 2.24) is 10.6 Å². The molecule has 0 bridgehead atoms. The molecule has 0 saturated carbocycles. The predicted molar refractivity (Wildman–Crippen MR) is 73.5 cm³/mol. The first-order chi connectivity index (χ1) is 8.75. The van der Waals surface area contributed by atoms with Gasteiger partial charge in [0, 0.05) is 24.1 Å². The molecular weight excluding hydrogens is 296 g/mol. The van der Waals surface area contributed by atoms with Gasteiger partial charge in [-0.15, -0.1) is 0 Å². The maximum absolute atomic E-state index is 11.8. The van der Waals surface area contributed by atoms with Crippen molar-refractivity contribution >= 4 is 21.8 Å². The first-order valence-corrected chi connectivity index (χ1v) is 6.89. The van der Waals surface area contributed by atoms with E-state index in [-0.39, 0.29) is 12.0 Å². The molecule has 0 spiro atoms. The van der Waals surface area contributed by atoms with Gasteiger partial charge in [0.2, 0.25) is 5.91 Å². The summed E-state index contributed by atoms with van der Waals surface area (Å²) in [7, 11) is 0. The fourth-order valence-corrected chi connectivity index (χ4v) is 2.09. The van der Waals surface area contributed by atoms with Gasteiger partial charge in [0.25, 0.3) is 0 Å². The molecule has 2 N–H and O–H groups in total. The molecular formula is C13H17BrN2O2. The molecule has 1 aliphatic rings. The van der Waals surface area contributed by atoms with Gasteiger partial charge in [0.15, 0.2) is 0 Å². The highest BCUT2D eigenvalue weighted by Crippen LogP contribution is 2.10. The van der Waals surface area contributed by atoms with E-state index in [0.29, 0.717) is 19.7 Å². The second-order valence-corrected chi connectivity index (χ2v) is 5.15. The van der Waals surface area contributed by atoms with Crippen molar-refractivity contribution in [2.75, 3.05) is 26.2 Å². The summed E-state index contributed by atoms with van der Waals surface area (Å²) in [6, 6.07) is 8.11. The van der Waals surface area contributed by atoms with Crippen LogP contribution in [0.25, 0.3) is 0 Å². The molecule has 0 aromatic heterocycles. The van der Waals surface area contributed by atoms with Gasteiger partial charge in [-0.05, 0) is 24.1 Å². The minimum Gasteiger partial charge on any atom is -0.366 e. The number of hydrogen-bond acceptors (Lipinski definition) is 3. The number of ether oxygens (including phenoxy) is 1. The molecule has 98 valence electrons. The quantitative estimate of drug-likeness (QED) is 0.875. The molecule has 0 aliphatic carbocycles. The Morgan fingerprint density at radius 2 is 2.22 bits per heavy atom. The first-order valence-electron chi connectivity index (χ1n) is 6.10. The fourth-order valence-electron chi connectivity index (χ4n) is 1.83. The van der Waals surface area contributed by atoms with Crippen LogP contribution in [0.1, 0.15) is 5.56 Å². The molecule has 1 aromatic rings. The highest BCUT2D eigenvalue weighted by molar-refractivity contribution is 9.10. The Bertz CT molecular complexity index is 388. The maximum Gasteiger partial charge on any atom is 0.250 e. The lowest BCUT2D eigenvalue weighted by atomic mass is 10.1. The van der Waals surface area contributed by atoms with Gasteiger partial charge in [0.05, 0.1) is 6.61 Å². The lowest BCUT2D eigenvalue weighted by Gasteiger charge is -2.22. The van der Waals surface area contributed by atoms with E-state index in [1.807, 2.05) is 12.1 Å². The number of hydrogen-bond donors (Lipinski definition) is 2. The summed E-state index contributed by atoms with van der Waals surface area (Å²) in [4.78, 5) is 11.8. The van der Waals surface area contributed by atoms with E-state index >= 15 is 0 Å². The van der Waals surface area contributed by atoms with Crippen LogP contribution in [0.2, 0.25) is 0 Å². The van der Waals surface area contributed by atoms with E-state index < -0.39 is 0 Å².